The van der Waals surface area contributed by atoms with E-state index in [1.807, 2.05) is 11.9 Å². The second kappa shape index (κ2) is 6.79. The lowest BCUT2D eigenvalue weighted by atomic mass is 10.2. The molecule has 0 amide bonds. The zero-order valence-corrected chi connectivity index (χ0v) is 9.95. The van der Waals surface area contributed by atoms with Gasteiger partial charge in [0.1, 0.15) is 0 Å². The van der Waals surface area contributed by atoms with Crippen LogP contribution in [0.2, 0.25) is 0 Å². The van der Waals surface area contributed by atoms with Gasteiger partial charge in [-0.2, -0.15) is 0 Å². The minimum Gasteiger partial charge on any atom is -0.245 e. The van der Waals surface area contributed by atoms with E-state index in [4.69, 9.17) is 0 Å². The first-order valence-electron chi connectivity index (χ1n) is 5.04. The van der Waals surface area contributed by atoms with E-state index in [-0.39, 0.29) is 0 Å². The quantitative estimate of drug-likeness (QED) is 0.588. The summed E-state index contributed by atoms with van der Waals surface area (Å²) in [7, 11) is 0. The van der Waals surface area contributed by atoms with Gasteiger partial charge in [-0.25, -0.2) is 4.31 Å². The van der Waals surface area contributed by atoms with Gasteiger partial charge in [-0.1, -0.05) is 32.2 Å². The van der Waals surface area contributed by atoms with Gasteiger partial charge in [-0.05, 0) is 27.2 Å². The predicted octanol–water partition coefficient (Wildman–Crippen LogP) is 3.55. The Morgan fingerprint density at radius 2 is 1.75 bits per heavy atom. The maximum Gasteiger partial charge on any atom is 0.0177 e. The molecule has 74 valence electrons. The van der Waals surface area contributed by atoms with Crippen molar-refractivity contribution in [3.05, 3.63) is 0 Å². The second-order valence-corrected chi connectivity index (χ2v) is 4.77. The van der Waals surface area contributed by atoms with E-state index in [1.165, 1.54) is 18.6 Å². The Balaban J connectivity index is 3.90. The SMILES string of the molecule is CCCC(C)N(SCC)C(C)C. The molecule has 0 radical (unpaired) electrons. The van der Waals surface area contributed by atoms with Crippen LogP contribution in [0.5, 0.6) is 0 Å². The molecule has 0 saturated carbocycles. The highest BCUT2D eigenvalue weighted by atomic mass is 32.2. The van der Waals surface area contributed by atoms with Gasteiger partial charge in [0, 0.05) is 17.8 Å². The lowest BCUT2D eigenvalue weighted by molar-refractivity contribution is 0.302. The summed E-state index contributed by atoms with van der Waals surface area (Å²) >= 11 is 1.97. The summed E-state index contributed by atoms with van der Waals surface area (Å²) in [4.78, 5) is 0. The summed E-state index contributed by atoms with van der Waals surface area (Å²) in [6.07, 6.45) is 2.60. The molecule has 0 aliphatic rings. The molecule has 0 fully saturated rings. The van der Waals surface area contributed by atoms with Gasteiger partial charge in [-0.3, -0.25) is 0 Å². The van der Waals surface area contributed by atoms with Crippen LogP contribution in [0.15, 0.2) is 0 Å². The van der Waals surface area contributed by atoms with Gasteiger partial charge in [-0.15, -0.1) is 0 Å². The average molecular weight is 189 g/mol. The molecule has 0 aromatic rings. The third kappa shape index (κ3) is 4.36. The van der Waals surface area contributed by atoms with E-state index in [9.17, 15) is 0 Å². The third-order valence-corrected chi connectivity index (χ3v) is 3.27. The first-order valence-corrected chi connectivity index (χ1v) is 5.98. The molecule has 0 aliphatic heterocycles. The Morgan fingerprint density at radius 3 is 2.08 bits per heavy atom. The zero-order chi connectivity index (χ0) is 9.56. The van der Waals surface area contributed by atoms with E-state index in [0.717, 1.165) is 6.04 Å². The van der Waals surface area contributed by atoms with Crippen LogP contribution in [0.3, 0.4) is 0 Å². The van der Waals surface area contributed by atoms with Gasteiger partial charge in [0.2, 0.25) is 0 Å². The molecule has 1 nitrogen and oxygen atoms in total. The smallest absolute Gasteiger partial charge is 0.0177 e. The van der Waals surface area contributed by atoms with Crippen LogP contribution >= 0.6 is 11.9 Å². The van der Waals surface area contributed by atoms with Crippen LogP contribution in [0, 0.1) is 0 Å². The molecule has 0 heterocycles. The number of hydrogen-bond acceptors (Lipinski definition) is 2. The lowest BCUT2D eigenvalue weighted by Crippen LogP contribution is -2.32. The minimum absolute atomic E-state index is 0.663. The van der Waals surface area contributed by atoms with Crippen LogP contribution in [-0.2, 0) is 0 Å². The van der Waals surface area contributed by atoms with E-state index < -0.39 is 0 Å². The fraction of sp³-hybridized carbons (Fsp3) is 1.00. The molecule has 1 atom stereocenters. The van der Waals surface area contributed by atoms with Crippen LogP contribution in [-0.4, -0.2) is 22.1 Å². The van der Waals surface area contributed by atoms with Gasteiger partial charge in [0.15, 0.2) is 0 Å². The summed E-state index contributed by atoms with van der Waals surface area (Å²) < 4.78 is 2.52. The van der Waals surface area contributed by atoms with Crippen molar-refractivity contribution < 1.29 is 0 Å². The molecule has 0 saturated heterocycles. The fourth-order valence-corrected chi connectivity index (χ4v) is 2.44. The molecule has 0 aromatic heterocycles. The van der Waals surface area contributed by atoms with E-state index in [2.05, 4.69) is 38.9 Å². The summed E-state index contributed by atoms with van der Waals surface area (Å²) in [5.41, 5.74) is 0. The predicted molar refractivity (Wildman–Crippen MR) is 59.5 cm³/mol. The minimum atomic E-state index is 0.663. The second-order valence-electron chi connectivity index (χ2n) is 3.51. The van der Waals surface area contributed by atoms with E-state index in [0.29, 0.717) is 6.04 Å². The molecule has 0 aliphatic carbocycles. The first-order chi connectivity index (χ1) is 5.63. The molecular weight excluding hydrogens is 166 g/mol. The highest BCUT2D eigenvalue weighted by molar-refractivity contribution is 7.97. The molecule has 1 unspecified atom stereocenters. The van der Waals surface area contributed by atoms with Crippen LogP contribution in [0.4, 0.5) is 0 Å². The normalized spacial score (nSPS) is 14.2. The number of hydrogen-bond donors (Lipinski definition) is 0. The van der Waals surface area contributed by atoms with Gasteiger partial charge in [0.25, 0.3) is 0 Å². The summed E-state index contributed by atoms with van der Waals surface area (Å²) in [6.45, 7) is 11.3. The van der Waals surface area contributed by atoms with Crippen molar-refractivity contribution >= 4 is 11.9 Å². The Labute approximate surface area is 82.0 Å². The van der Waals surface area contributed by atoms with E-state index in [1.54, 1.807) is 0 Å². The Bertz CT molecular complexity index is 104. The third-order valence-electron chi connectivity index (χ3n) is 1.93. The Morgan fingerprint density at radius 1 is 1.17 bits per heavy atom. The Hall–Kier alpha value is 0.310. The molecular formula is C10H23NS. The molecule has 0 spiro atoms. The Kier molecular flexibility index (Phi) is 6.96. The van der Waals surface area contributed by atoms with Gasteiger partial charge < -0.3 is 0 Å². The molecule has 0 N–H and O–H groups in total. The van der Waals surface area contributed by atoms with Crippen LogP contribution in [0.25, 0.3) is 0 Å². The average Bonchev–Trinajstić information content (AvgIpc) is 1.99. The monoisotopic (exact) mass is 189 g/mol. The molecule has 0 bridgehead atoms. The molecule has 2 heteroatoms. The summed E-state index contributed by atoms with van der Waals surface area (Å²) in [6, 6.07) is 1.39. The van der Waals surface area contributed by atoms with Crippen molar-refractivity contribution in [1.29, 1.82) is 0 Å². The maximum atomic E-state index is 2.52. The topological polar surface area (TPSA) is 3.24 Å². The first kappa shape index (κ1) is 12.3. The van der Waals surface area contributed by atoms with Crippen LogP contribution in [0.1, 0.15) is 47.5 Å². The van der Waals surface area contributed by atoms with Gasteiger partial charge in [0.05, 0.1) is 0 Å². The van der Waals surface area contributed by atoms with Crippen molar-refractivity contribution in [3.8, 4) is 0 Å². The lowest BCUT2D eigenvalue weighted by Gasteiger charge is -2.30. The summed E-state index contributed by atoms with van der Waals surface area (Å²) in [5, 5.41) is 0. The van der Waals surface area contributed by atoms with Crippen molar-refractivity contribution in [2.24, 2.45) is 0 Å². The largest absolute Gasteiger partial charge is 0.245 e. The van der Waals surface area contributed by atoms with Gasteiger partial charge >= 0.3 is 0 Å². The molecule has 0 aromatic carbocycles. The van der Waals surface area contributed by atoms with E-state index >= 15 is 0 Å². The highest BCUT2D eigenvalue weighted by Crippen LogP contribution is 2.20. The van der Waals surface area contributed by atoms with Crippen molar-refractivity contribution in [2.45, 2.75) is 59.5 Å². The number of nitrogens with zero attached hydrogens (tertiary/aromatic N) is 1. The molecule has 12 heavy (non-hydrogen) atoms. The fourth-order valence-electron chi connectivity index (χ4n) is 1.48. The maximum absolute atomic E-state index is 2.52. The van der Waals surface area contributed by atoms with Crippen LogP contribution < -0.4 is 0 Å². The van der Waals surface area contributed by atoms with Crippen molar-refractivity contribution in [3.63, 3.8) is 0 Å². The summed E-state index contributed by atoms with van der Waals surface area (Å²) in [5.74, 6) is 1.19. The number of rotatable bonds is 6. The standard InChI is InChI=1S/C10H23NS/c1-6-8-10(5)11(9(3)4)12-7-2/h9-10H,6-8H2,1-5H3. The zero-order valence-electron chi connectivity index (χ0n) is 9.13. The van der Waals surface area contributed by atoms with Crippen molar-refractivity contribution in [1.82, 2.24) is 4.31 Å². The molecule has 0 rings (SSSR count). The van der Waals surface area contributed by atoms with Crippen molar-refractivity contribution in [2.75, 3.05) is 5.75 Å². The highest BCUT2D eigenvalue weighted by Gasteiger charge is 2.15.